The third kappa shape index (κ3) is 3.48. The zero-order valence-electron chi connectivity index (χ0n) is 16.3. The summed E-state index contributed by atoms with van der Waals surface area (Å²) in [6.45, 7) is 1.09. The second-order valence-corrected chi connectivity index (χ2v) is 7.80. The molecule has 0 spiro atoms. The number of para-hydroxylation sites is 2. The molecule has 2 fully saturated rings. The lowest BCUT2D eigenvalue weighted by atomic mass is 9.80. The van der Waals surface area contributed by atoms with E-state index in [4.69, 9.17) is 15.9 Å². The predicted molar refractivity (Wildman–Crippen MR) is 109 cm³/mol. The fourth-order valence-corrected chi connectivity index (χ4v) is 4.91. The lowest BCUT2D eigenvalue weighted by Gasteiger charge is -2.44. The second kappa shape index (κ2) is 7.87. The van der Waals surface area contributed by atoms with E-state index in [9.17, 15) is 5.11 Å². The monoisotopic (exact) mass is 377 g/mol. The van der Waals surface area contributed by atoms with E-state index in [1.165, 1.54) is 0 Å². The normalized spacial score (nSPS) is 26.6. The molecule has 28 heavy (non-hydrogen) atoms. The molecular formula is C24H27NO3. The smallest absolute Gasteiger partial charge is 0.148 e. The van der Waals surface area contributed by atoms with Gasteiger partial charge in [-0.15, -0.1) is 6.42 Å². The molecule has 2 atom stereocenters. The van der Waals surface area contributed by atoms with Crippen LogP contribution in [0.4, 0.5) is 0 Å². The van der Waals surface area contributed by atoms with Crippen LogP contribution in [0.25, 0.3) is 0 Å². The fourth-order valence-electron chi connectivity index (χ4n) is 4.91. The molecule has 146 valence electrons. The van der Waals surface area contributed by atoms with E-state index < -0.39 is 5.60 Å². The molecule has 2 aliphatic heterocycles. The summed E-state index contributed by atoms with van der Waals surface area (Å²) in [6, 6.07) is 16.6. The Morgan fingerprint density at radius 2 is 1.71 bits per heavy atom. The highest BCUT2D eigenvalue weighted by Crippen LogP contribution is 2.48. The van der Waals surface area contributed by atoms with Gasteiger partial charge in [-0.25, -0.2) is 0 Å². The zero-order chi connectivity index (χ0) is 19.6. The number of hydrogen-bond donors (Lipinski definition) is 1. The molecule has 4 nitrogen and oxygen atoms in total. The number of nitrogens with zero attached hydrogens (tertiary/aromatic N) is 1. The maximum atomic E-state index is 11.5. The van der Waals surface area contributed by atoms with Crippen molar-refractivity contribution in [3.63, 3.8) is 0 Å². The van der Waals surface area contributed by atoms with E-state index in [2.05, 4.69) is 16.9 Å². The van der Waals surface area contributed by atoms with E-state index in [0.717, 1.165) is 54.9 Å². The average Bonchev–Trinajstić information content (AvgIpc) is 2.96. The van der Waals surface area contributed by atoms with Crippen LogP contribution in [0.15, 0.2) is 48.5 Å². The summed E-state index contributed by atoms with van der Waals surface area (Å²) in [5.74, 6) is 4.16. The van der Waals surface area contributed by atoms with Crippen molar-refractivity contribution < 1.29 is 14.6 Å². The van der Waals surface area contributed by atoms with E-state index in [1.807, 2.05) is 42.5 Å². The molecule has 0 amide bonds. The number of terminal acetylenes is 1. The van der Waals surface area contributed by atoms with Crippen LogP contribution in [0, 0.1) is 12.3 Å². The number of fused-ring (bicyclic) bond motifs is 2. The molecule has 0 aliphatic carbocycles. The summed E-state index contributed by atoms with van der Waals surface area (Å²) >= 11 is 0. The number of ether oxygens (including phenoxy) is 2. The summed E-state index contributed by atoms with van der Waals surface area (Å²) in [6.07, 6.45) is 9.00. The molecule has 0 saturated carbocycles. The van der Waals surface area contributed by atoms with Crippen molar-refractivity contribution in [3.8, 4) is 23.8 Å². The number of methoxy groups -OCH3 is 1. The molecule has 2 bridgehead atoms. The Bertz CT molecular complexity index is 858. The van der Waals surface area contributed by atoms with Gasteiger partial charge in [0.05, 0.1) is 12.7 Å². The van der Waals surface area contributed by atoms with Crippen LogP contribution in [0.5, 0.6) is 11.5 Å². The minimum Gasteiger partial charge on any atom is -0.496 e. The van der Waals surface area contributed by atoms with Crippen molar-refractivity contribution in [1.82, 2.24) is 4.90 Å². The molecule has 2 aromatic carbocycles. The highest BCUT2D eigenvalue weighted by Gasteiger charge is 2.49. The van der Waals surface area contributed by atoms with Crippen LogP contribution in [-0.2, 0) is 12.1 Å². The number of benzene rings is 2. The van der Waals surface area contributed by atoms with Gasteiger partial charge in [0, 0.05) is 29.8 Å². The Morgan fingerprint density at radius 1 is 1.07 bits per heavy atom. The Hall–Kier alpha value is -2.48. The van der Waals surface area contributed by atoms with E-state index in [-0.39, 0.29) is 6.61 Å². The largest absolute Gasteiger partial charge is 0.496 e. The van der Waals surface area contributed by atoms with Crippen molar-refractivity contribution in [2.75, 3.05) is 13.7 Å². The summed E-state index contributed by atoms with van der Waals surface area (Å²) in [5.41, 5.74) is 1.22. The number of aliphatic hydroxyl groups is 1. The molecule has 4 rings (SSSR count). The fraction of sp³-hybridized carbons (Fsp3) is 0.417. The lowest BCUT2D eigenvalue weighted by molar-refractivity contribution is -0.0607. The summed E-state index contributed by atoms with van der Waals surface area (Å²) < 4.78 is 11.3. The van der Waals surface area contributed by atoms with Gasteiger partial charge < -0.3 is 14.6 Å². The van der Waals surface area contributed by atoms with Crippen molar-refractivity contribution in [2.45, 2.75) is 49.9 Å². The Balaban J connectivity index is 1.55. The first kappa shape index (κ1) is 18.9. The molecule has 1 N–H and O–H groups in total. The lowest BCUT2D eigenvalue weighted by Crippen LogP contribution is -2.49. The molecule has 2 saturated heterocycles. The van der Waals surface area contributed by atoms with Crippen LogP contribution < -0.4 is 9.47 Å². The van der Waals surface area contributed by atoms with Gasteiger partial charge in [-0.05, 0) is 37.8 Å². The molecule has 0 aromatic heterocycles. The van der Waals surface area contributed by atoms with E-state index in [1.54, 1.807) is 7.11 Å². The van der Waals surface area contributed by atoms with E-state index >= 15 is 0 Å². The molecule has 2 aromatic rings. The Morgan fingerprint density at radius 3 is 2.39 bits per heavy atom. The average molecular weight is 377 g/mol. The minimum atomic E-state index is -0.839. The zero-order valence-corrected chi connectivity index (χ0v) is 16.3. The van der Waals surface area contributed by atoms with Crippen molar-refractivity contribution in [2.24, 2.45) is 0 Å². The molecular weight excluding hydrogens is 350 g/mol. The van der Waals surface area contributed by atoms with Crippen molar-refractivity contribution in [3.05, 3.63) is 59.7 Å². The minimum absolute atomic E-state index is 0.275. The van der Waals surface area contributed by atoms with Crippen LogP contribution >= 0.6 is 0 Å². The first-order chi connectivity index (χ1) is 13.6. The maximum Gasteiger partial charge on any atom is 0.148 e. The quantitative estimate of drug-likeness (QED) is 0.779. The Kier molecular flexibility index (Phi) is 5.30. The molecule has 2 heterocycles. The standard InChI is InChI=1S/C24H27NO3/c1-3-14-28-22-10-6-4-8-18(22)17-25-19-12-13-20(25)16-24(26,15-19)21-9-5-7-11-23(21)27-2/h1,4-11,19-20,26H,12-17H2,2H3. The highest BCUT2D eigenvalue weighted by atomic mass is 16.5. The number of piperidine rings is 1. The first-order valence-electron chi connectivity index (χ1n) is 9.90. The van der Waals surface area contributed by atoms with Crippen molar-refractivity contribution >= 4 is 0 Å². The summed E-state index contributed by atoms with van der Waals surface area (Å²) in [4.78, 5) is 2.53. The summed E-state index contributed by atoms with van der Waals surface area (Å²) in [5, 5.41) is 11.5. The van der Waals surface area contributed by atoms with Crippen molar-refractivity contribution in [1.29, 1.82) is 0 Å². The van der Waals surface area contributed by atoms with Crippen LogP contribution in [-0.4, -0.2) is 35.8 Å². The number of hydrogen-bond acceptors (Lipinski definition) is 4. The second-order valence-electron chi connectivity index (χ2n) is 7.80. The molecule has 4 heteroatoms. The molecule has 2 unspecified atom stereocenters. The maximum absolute atomic E-state index is 11.5. The van der Waals surface area contributed by atoms with Gasteiger partial charge in [-0.1, -0.05) is 42.3 Å². The SMILES string of the molecule is C#CCOc1ccccc1CN1C2CCC1CC(O)(c1ccccc1OC)C2. The van der Waals surface area contributed by atoms with Gasteiger partial charge in [0.15, 0.2) is 0 Å². The Labute approximate surface area is 167 Å². The highest BCUT2D eigenvalue weighted by molar-refractivity contribution is 5.39. The van der Waals surface area contributed by atoms with Gasteiger partial charge in [0.1, 0.15) is 18.1 Å². The van der Waals surface area contributed by atoms with E-state index in [0.29, 0.717) is 12.1 Å². The van der Waals surface area contributed by atoms with Crippen LogP contribution in [0.1, 0.15) is 36.8 Å². The van der Waals surface area contributed by atoms with Gasteiger partial charge in [-0.3, -0.25) is 4.90 Å². The third-order valence-corrected chi connectivity index (χ3v) is 6.16. The number of rotatable bonds is 6. The first-order valence-corrected chi connectivity index (χ1v) is 9.90. The third-order valence-electron chi connectivity index (χ3n) is 6.16. The predicted octanol–water partition coefficient (Wildman–Crippen LogP) is 3.72. The molecule has 2 aliphatic rings. The summed E-state index contributed by atoms with van der Waals surface area (Å²) in [7, 11) is 1.67. The topological polar surface area (TPSA) is 41.9 Å². The van der Waals surface area contributed by atoms with Crippen LogP contribution in [0.2, 0.25) is 0 Å². The van der Waals surface area contributed by atoms with Gasteiger partial charge >= 0.3 is 0 Å². The van der Waals surface area contributed by atoms with Gasteiger partial charge in [0.25, 0.3) is 0 Å². The van der Waals surface area contributed by atoms with Gasteiger partial charge in [-0.2, -0.15) is 0 Å². The molecule has 0 radical (unpaired) electrons. The van der Waals surface area contributed by atoms with Gasteiger partial charge in [0.2, 0.25) is 0 Å². The van der Waals surface area contributed by atoms with Crippen LogP contribution in [0.3, 0.4) is 0 Å².